The average molecular weight is 271 g/mol. The van der Waals surface area contributed by atoms with E-state index in [1.165, 1.54) is 13.0 Å². The molecule has 1 rings (SSSR count). The highest BCUT2D eigenvalue weighted by Crippen LogP contribution is 2.23. The van der Waals surface area contributed by atoms with E-state index in [-0.39, 0.29) is 6.42 Å². The van der Waals surface area contributed by atoms with Crippen molar-refractivity contribution in [2.75, 3.05) is 0 Å². The number of rotatable bonds is 4. The summed E-state index contributed by atoms with van der Waals surface area (Å²) in [6, 6.07) is 6.65. The molecule has 0 saturated heterocycles. The molecule has 80 valence electrons. The van der Waals surface area contributed by atoms with Gasteiger partial charge in [0.05, 0.1) is 0 Å². The number of Topliss-reactive ketones (excluding diaryl/α,β-unsaturated/α-hetero) is 1. The minimum Gasteiger partial charge on any atom is -0.291 e. The Morgan fingerprint density at radius 1 is 1.53 bits per heavy atom. The second kappa shape index (κ2) is 4.71. The summed E-state index contributed by atoms with van der Waals surface area (Å²) < 4.78 is 14.7. The molecule has 1 aromatic carbocycles. The van der Waals surface area contributed by atoms with Gasteiger partial charge in [0, 0.05) is 16.5 Å². The summed E-state index contributed by atoms with van der Waals surface area (Å²) in [5, 5.41) is 0. The number of alkyl halides is 1. The molecular formula is C12H12BrFO. The molecule has 0 unspecified atom stereocenters. The van der Waals surface area contributed by atoms with Gasteiger partial charge in [-0.15, -0.1) is 6.58 Å². The Balaban J connectivity index is 2.94. The fraction of sp³-hybridized carbons (Fsp3) is 0.250. The molecule has 0 fully saturated rings. The summed E-state index contributed by atoms with van der Waals surface area (Å²) in [4.78, 5) is 11.7. The second-order valence-electron chi connectivity index (χ2n) is 3.53. The molecule has 0 heterocycles. The molecule has 0 spiro atoms. The number of halogens is 2. The predicted octanol–water partition coefficient (Wildman–Crippen LogP) is 3.94. The van der Waals surface area contributed by atoms with Gasteiger partial charge in [-0.25, -0.2) is 4.39 Å². The summed E-state index contributed by atoms with van der Waals surface area (Å²) in [5.41, 5.74) is -1.49. The van der Waals surface area contributed by atoms with E-state index in [4.69, 9.17) is 0 Å². The summed E-state index contributed by atoms with van der Waals surface area (Å²) >= 11 is 3.25. The lowest BCUT2D eigenvalue weighted by Crippen LogP contribution is -2.29. The molecule has 0 bridgehead atoms. The third kappa shape index (κ3) is 2.99. The fourth-order valence-corrected chi connectivity index (χ4v) is 1.53. The topological polar surface area (TPSA) is 17.1 Å². The Bertz CT molecular complexity index is 368. The average Bonchev–Trinajstić information content (AvgIpc) is 2.18. The maximum absolute atomic E-state index is 13.8. The lowest BCUT2D eigenvalue weighted by atomic mass is 9.93. The first-order valence-electron chi connectivity index (χ1n) is 4.57. The van der Waals surface area contributed by atoms with Crippen LogP contribution in [0.25, 0.3) is 0 Å². The van der Waals surface area contributed by atoms with Crippen LogP contribution in [0.3, 0.4) is 0 Å². The van der Waals surface area contributed by atoms with Crippen LogP contribution in [0, 0.1) is 0 Å². The fourth-order valence-electron chi connectivity index (χ4n) is 1.27. The van der Waals surface area contributed by atoms with Crippen molar-refractivity contribution in [1.82, 2.24) is 0 Å². The zero-order chi connectivity index (χ0) is 11.5. The monoisotopic (exact) mass is 270 g/mol. The Hall–Kier alpha value is -0.960. The highest BCUT2D eigenvalue weighted by Gasteiger charge is 2.31. The normalized spacial score (nSPS) is 14.3. The van der Waals surface area contributed by atoms with Crippen molar-refractivity contribution in [3.63, 3.8) is 0 Å². The molecule has 0 amide bonds. The first kappa shape index (κ1) is 12.1. The number of benzene rings is 1. The van der Waals surface area contributed by atoms with Crippen LogP contribution in [-0.4, -0.2) is 11.5 Å². The summed E-state index contributed by atoms with van der Waals surface area (Å²) in [5.74, 6) is -0.505. The standard InChI is InChI=1S/C12H12BrFO/c1-3-8-12(2,14)11(15)9-4-6-10(13)7-5-9/h3-7H,1,8H2,2H3/t12-/m1/s1. The molecule has 1 nitrogen and oxygen atoms in total. The molecule has 0 N–H and O–H groups in total. The number of ketones is 1. The van der Waals surface area contributed by atoms with Gasteiger partial charge in [-0.2, -0.15) is 0 Å². The van der Waals surface area contributed by atoms with Crippen LogP contribution in [0.15, 0.2) is 41.4 Å². The van der Waals surface area contributed by atoms with E-state index < -0.39 is 11.5 Å². The lowest BCUT2D eigenvalue weighted by molar-refractivity contribution is 0.0730. The van der Waals surface area contributed by atoms with Crippen LogP contribution in [-0.2, 0) is 0 Å². The molecule has 0 aliphatic carbocycles. The molecule has 1 aromatic rings. The highest BCUT2D eigenvalue weighted by atomic mass is 79.9. The van der Waals surface area contributed by atoms with Crippen LogP contribution >= 0.6 is 15.9 Å². The molecule has 0 aliphatic heterocycles. The number of hydrogen-bond donors (Lipinski definition) is 0. The van der Waals surface area contributed by atoms with Gasteiger partial charge in [0.1, 0.15) is 0 Å². The van der Waals surface area contributed by atoms with E-state index in [0.29, 0.717) is 5.56 Å². The Morgan fingerprint density at radius 3 is 2.53 bits per heavy atom. The predicted molar refractivity (Wildman–Crippen MR) is 62.8 cm³/mol. The van der Waals surface area contributed by atoms with Gasteiger partial charge in [-0.1, -0.05) is 34.1 Å². The molecule has 0 aliphatic rings. The van der Waals surface area contributed by atoms with Gasteiger partial charge >= 0.3 is 0 Å². The number of carbonyl (C=O) groups excluding carboxylic acids is 1. The van der Waals surface area contributed by atoms with Gasteiger partial charge in [0.25, 0.3) is 0 Å². The maximum Gasteiger partial charge on any atom is 0.200 e. The van der Waals surface area contributed by atoms with Crippen LogP contribution in [0.1, 0.15) is 23.7 Å². The SMILES string of the molecule is C=CC[C@@](C)(F)C(=O)c1ccc(Br)cc1. The minimum atomic E-state index is -1.87. The Kier molecular flexibility index (Phi) is 3.80. The van der Waals surface area contributed by atoms with Crippen LogP contribution in [0.4, 0.5) is 4.39 Å². The van der Waals surface area contributed by atoms with Crippen LogP contribution in [0.5, 0.6) is 0 Å². The first-order valence-corrected chi connectivity index (χ1v) is 5.37. The maximum atomic E-state index is 13.8. The quantitative estimate of drug-likeness (QED) is 0.599. The molecular weight excluding hydrogens is 259 g/mol. The van der Waals surface area contributed by atoms with Gasteiger partial charge < -0.3 is 0 Å². The Morgan fingerprint density at radius 2 is 2.07 bits per heavy atom. The van der Waals surface area contributed by atoms with Crippen molar-refractivity contribution in [3.05, 3.63) is 47.0 Å². The van der Waals surface area contributed by atoms with E-state index in [2.05, 4.69) is 22.5 Å². The van der Waals surface area contributed by atoms with Gasteiger partial charge in [0.15, 0.2) is 11.5 Å². The number of carbonyl (C=O) groups is 1. The van der Waals surface area contributed by atoms with Gasteiger partial charge in [-0.3, -0.25) is 4.79 Å². The van der Waals surface area contributed by atoms with Crippen LogP contribution in [0.2, 0.25) is 0 Å². The van der Waals surface area contributed by atoms with E-state index in [0.717, 1.165) is 4.47 Å². The minimum absolute atomic E-state index is 0.0297. The molecule has 0 radical (unpaired) electrons. The largest absolute Gasteiger partial charge is 0.291 e. The van der Waals surface area contributed by atoms with Gasteiger partial charge in [-0.05, 0) is 19.1 Å². The highest BCUT2D eigenvalue weighted by molar-refractivity contribution is 9.10. The van der Waals surface area contributed by atoms with Crippen LogP contribution < -0.4 is 0 Å². The number of hydrogen-bond acceptors (Lipinski definition) is 1. The van der Waals surface area contributed by atoms with E-state index in [9.17, 15) is 9.18 Å². The first-order chi connectivity index (χ1) is 6.97. The van der Waals surface area contributed by atoms with Crippen molar-refractivity contribution in [2.24, 2.45) is 0 Å². The Labute approximate surface area is 97.1 Å². The summed E-state index contributed by atoms with van der Waals surface area (Å²) in [7, 11) is 0. The molecule has 15 heavy (non-hydrogen) atoms. The third-order valence-corrected chi connectivity index (χ3v) is 2.64. The lowest BCUT2D eigenvalue weighted by Gasteiger charge is -2.16. The van der Waals surface area contributed by atoms with Crippen molar-refractivity contribution in [1.29, 1.82) is 0 Å². The zero-order valence-electron chi connectivity index (χ0n) is 8.47. The molecule has 0 aromatic heterocycles. The number of allylic oxidation sites excluding steroid dienone is 1. The van der Waals surface area contributed by atoms with Gasteiger partial charge in [0.2, 0.25) is 0 Å². The molecule has 1 atom stereocenters. The summed E-state index contributed by atoms with van der Waals surface area (Å²) in [6.07, 6.45) is 1.44. The molecule has 3 heteroatoms. The smallest absolute Gasteiger partial charge is 0.200 e. The third-order valence-electron chi connectivity index (χ3n) is 2.11. The van der Waals surface area contributed by atoms with Crippen molar-refractivity contribution >= 4 is 21.7 Å². The second-order valence-corrected chi connectivity index (χ2v) is 4.44. The van der Waals surface area contributed by atoms with Crippen molar-refractivity contribution in [2.45, 2.75) is 19.0 Å². The van der Waals surface area contributed by atoms with Crippen molar-refractivity contribution in [3.8, 4) is 0 Å². The van der Waals surface area contributed by atoms with Crippen molar-refractivity contribution < 1.29 is 9.18 Å². The zero-order valence-corrected chi connectivity index (χ0v) is 10.1. The van der Waals surface area contributed by atoms with E-state index >= 15 is 0 Å². The molecule has 0 saturated carbocycles. The summed E-state index contributed by atoms with van der Waals surface area (Å²) in [6.45, 7) is 4.71. The van der Waals surface area contributed by atoms with E-state index in [1.54, 1.807) is 24.3 Å². The van der Waals surface area contributed by atoms with E-state index in [1.807, 2.05) is 0 Å².